The first-order chi connectivity index (χ1) is 9.60. The summed E-state index contributed by atoms with van der Waals surface area (Å²) in [6.45, 7) is 0.423. The smallest absolute Gasteiger partial charge is 0.124 e. The number of methoxy groups -OCH3 is 1. The zero-order chi connectivity index (χ0) is 14.5. The van der Waals surface area contributed by atoms with E-state index < -0.39 is 0 Å². The van der Waals surface area contributed by atoms with E-state index in [-0.39, 0.29) is 5.84 Å². The van der Waals surface area contributed by atoms with Crippen LogP contribution in [0.1, 0.15) is 11.1 Å². The third-order valence-corrected chi connectivity index (χ3v) is 3.55. The highest BCUT2D eigenvalue weighted by molar-refractivity contribution is 9.10. The summed E-state index contributed by atoms with van der Waals surface area (Å²) >= 11 is 3.48. The van der Waals surface area contributed by atoms with Crippen LogP contribution in [0.25, 0.3) is 0 Å². The van der Waals surface area contributed by atoms with E-state index in [0.29, 0.717) is 23.7 Å². The van der Waals surface area contributed by atoms with Crippen molar-refractivity contribution >= 4 is 21.8 Å². The molecule has 0 amide bonds. The van der Waals surface area contributed by atoms with Gasteiger partial charge in [-0.15, -0.1) is 0 Å². The minimum absolute atomic E-state index is 0.0189. The van der Waals surface area contributed by atoms with Gasteiger partial charge in [-0.3, -0.25) is 5.41 Å². The van der Waals surface area contributed by atoms with Gasteiger partial charge in [0.15, 0.2) is 0 Å². The van der Waals surface area contributed by atoms with Crippen LogP contribution in [0.4, 0.5) is 0 Å². The predicted molar refractivity (Wildman–Crippen MR) is 82.5 cm³/mol. The quantitative estimate of drug-likeness (QED) is 0.651. The van der Waals surface area contributed by atoms with Gasteiger partial charge >= 0.3 is 0 Å². The average molecular weight is 335 g/mol. The number of nitrogen functional groups attached to an aromatic ring is 1. The number of nitrogens with one attached hydrogen (secondary N) is 1. The van der Waals surface area contributed by atoms with Gasteiger partial charge in [-0.1, -0.05) is 34.1 Å². The molecule has 0 radical (unpaired) electrons. The van der Waals surface area contributed by atoms with Gasteiger partial charge in [0, 0.05) is 21.7 Å². The summed E-state index contributed by atoms with van der Waals surface area (Å²) in [6.07, 6.45) is 0. The zero-order valence-corrected chi connectivity index (χ0v) is 12.6. The Morgan fingerprint density at radius 1 is 1.20 bits per heavy atom. The monoisotopic (exact) mass is 334 g/mol. The molecule has 3 N–H and O–H groups in total. The molecule has 0 aromatic heterocycles. The fraction of sp³-hybridized carbons (Fsp3) is 0.133. The van der Waals surface area contributed by atoms with Crippen molar-refractivity contribution in [1.29, 1.82) is 5.41 Å². The Kier molecular flexibility index (Phi) is 4.63. The molecule has 0 atom stereocenters. The van der Waals surface area contributed by atoms with E-state index in [4.69, 9.17) is 20.6 Å². The second-order valence-corrected chi connectivity index (χ2v) is 5.05. The number of ether oxygens (including phenoxy) is 2. The molecule has 0 aliphatic rings. The molecule has 0 heterocycles. The minimum Gasteiger partial charge on any atom is -0.497 e. The third kappa shape index (κ3) is 3.51. The van der Waals surface area contributed by atoms with Crippen LogP contribution in [-0.4, -0.2) is 12.9 Å². The van der Waals surface area contributed by atoms with Gasteiger partial charge in [0.2, 0.25) is 0 Å². The van der Waals surface area contributed by atoms with Gasteiger partial charge in [-0.2, -0.15) is 0 Å². The second-order valence-electron chi connectivity index (χ2n) is 4.19. The van der Waals surface area contributed by atoms with E-state index in [9.17, 15) is 0 Å². The molecule has 104 valence electrons. The van der Waals surface area contributed by atoms with Crippen molar-refractivity contribution in [3.63, 3.8) is 0 Å². The number of benzene rings is 2. The van der Waals surface area contributed by atoms with Crippen LogP contribution in [0.3, 0.4) is 0 Å². The molecule has 0 fully saturated rings. The summed E-state index contributed by atoms with van der Waals surface area (Å²) in [7, 11) is 1.57. The lowest BCUT2D eigenvalue weighted by molar-refractivity contribution is 0.303. The van der Waals surface area contributed by atoms with Crippen LogP contribution in [0.15, 0.2) is 46.9 Å². The first kappa shape index (κ1) is 14.4. The maximum atomic E-state index is 7.49. The summed E-state index contributed by atoms with van der Waals surface area (Å²) in [5, 5.41) is 7.49. The normalized spacial score (nSPS) is 10.1. The van der Waals surface area contributed by atoms with Crippen molar-refractivity contribution in [3.05, 3.63) is 58.1 Å². The number of amidine groups is 1. The molecule has 0 bridgehead atoms. The lowest BCUT2D eigenvalue weighted by atomic mass is 10.2. The maximum absolute atomic E-state index is 7.49. The third-order valence-electron chi connectivity index (χ3n) is 2.78. The van der Waals surface area contributed by atoms with Crippen molar-refractivity contribution in [1.82, 2.24) is 0 Å². The Morgan fingerprint density at radius 2 is 1.90 bits per heavy atom. The summed E-state index contributed by atoms with van der Waals surface area (Å²) in [6, 6.07) is 13.0. The molecule has 0 aliphatic heterocycles. The lowest BCUT2D eigenvalue weighted by Crippen LogP contribution is -2.11. The second kappa shape index (κ2) is 6.43. The molecule has 0 unspecified atom stereocenters. The maximum Gasteiger partial charge on any atom is 0.124 e. The van der Waals surface area contributed by atoms with Gasteiger partial charge in [-0.05, 0) is 18.2 Å². The number of rotatable bonds is 5. The summed E-state index contributed by atoms with van der Waals surface area (Å²) in [5.74, 6) is 1.21. The van der Waals surface area contributed by atoms with E-state index in [0.717, 1.165) is 10.0 Å². The zero-order valence-electron chi connectivity index (χ0n) is 11.0. The van der Waals surface area contributed by atoms with Crippen molar-refractivity contribution in [3.8, 4) is 11.5 Å². The van der Waals surface area contributed by atoms with E-state index >= 15 is 0 Å². The number of hydrogen-bond donors (Lipinski definition) is 2. The highest BCUT2D eigenvalue weighted by Crippen LogP contribution is 2.24. The molecule has 20 heavy (non-hydrogen) atoms. The first-order valence-corrected chi connectivity index (χ1v) is 6.79. The van der Waals surface area contributed by atoms with E-state index in [2.05, 4.69) is 15.9 Å². The lowest BCUT2D eigenvalue weighted by Gasteiger charge is -2.11. The molecule has 0 saturated heterocycles. The van der Waals surface area contributed by atoms with Crippen LogP contribution in [0.5, 0.6) is 11.5 Å². The van der Waals surface area contributed by atoms with Gasteiger partial charge in [-0.25, -0.2) is 0 Å². The van der Waals surface area contributed by atoms with Crippen LogP contribution < -0.4 is 15.2 Å². The molecule has 0 spiro atoms. The molecule has 2 rings (SSSR count). The van der Waals surface area contributed by atoms with Crippen molar-refractivity contribution in [2.24, 2.45) is 5.73 Å². The van der Waals surface area contributed by atoms with Crippen LogP contribution in [0.2, 0.25) is 0 Å². The predicted octanol–water partition coefficient (Wildman–Crippen LogP) is 3.32. The summed E-state index contributed by atoms with van der Waals surface area (Å²) < 4.78 is 11.9. The number of hydrogen-bond acceptors (Lipinski definition) is 3. The summed E-state index contributed by atoms with van der Waals surface area (Å²) in [4.78, 5) is 0. The SMILES string of the molecule is COc1cc(OCc2ccccc2Br)cc(C(=N)N)c1. The molecule has 0 saturated carbocycles. The standard InChI is InChI=1S/C15H15BrN2O2/c1-19-12-6-11(15(17)18)7-13(8-12)20-9-10-4-2-3-5-14(10)16/h2-8H,9H2,1H3,(H3,17,18). The summed E-state index contributed by atoms with van der Waals surface area (Å²) in [5.41, 5.74) is 7.12. The number of halogens is 1. The molecule has 5 heteroatoms. The molecule has 4 nitrogen and oxygen atoms in total. The van der Waals surface area contributed by atoms with Gasteiger partial charge in [0.05, 0.1) is 7.11 Å². The highest BCUT2D eigenvalue weighted by Gasteiger charge is 2.06. The van der Waals surface area contributed by atoms with Crippen molar-refractivity contribution < 1.29 is 9.47 Å². The molecule has 0 aliphatic carbocycles. The molecular formula is C15H15BrN2O2. The Morgan fingerprint density at radius 3 is 2.55 bits per heavy atom. The van der Waals surface area contributed by atoms with Gasteiger partial charge < -0.3 is 15.2 Å². The van der Waals surface area contributed by atoms with E-state index in [1.807, 2.05) is 24.3 Å². The Labute approximate surface area is 126 Å². The van der Waals surface area contributed by atoms with Crippen LogP contribution >= 0.6 is 15.9 Å². The topological polar surface area (TPSA) is 68.3 Å². The number of nitrogens with two attached hydrogens (primary N) is 1. The molecular weight excluding hydrogens is 320 g/mol. The Hall–Kier alpha value is -2.01. The van der Waals surface area contributed by atoms with E-state index in [1.165, 1.54) is 0 Å². The minimum atomic E-state index is -0.0189. The fourth-order valence-electron chi connectivity index (χ4n) is 1.70. The average Bonchev–Trinajstić information content (AvgIpc) is 2.46. The largest absolute Gasteiger partial charge is 0.497 e. The van der Waals surface area contributed by atoms with Gasteiger partial charge in [0.25, 0.3) is 0 Å². The van der Waals surface area contributed by atoms with Gasteiger partial charge in [0.1, 0.15) is 23.9 Å². The molecule has 2 aromatic rings. The Balaban J connectivity index is 2.19. The van der Waals surface area contributed by atoms with Crippen molar-refractivity contribution in [2.45, 2.75) is 6.61 Å². The van der Waals surface area contributed by atoms with E-state index in [1.54, 1.807) is 25.3 Å². The first-order valence-electron chi connectivity index (χ1n) is 6.00. The highest BCUT2D eigenvalue weighted by atomic mass is 79.9. The van der Waals surface area contributed by atoms with Crippen LogP contribution in [-0.2, 0) is 6.61 Å². The Bertz CT molecular complexity index is 629. The molecule has 2 aromatic carbocycles. The van der Waals surface area contributed by atoms with Crippen LogP contribution in [0, 0.1) is 5.41 Å². The fourth-order valence-corrected chi connectivity index (χ4v) is 2.10. The van der Waals surface area contributed by atoms with Crippen molar-refractivity contribution in [2.75, 3.05) is 7.11 Å².